The molecule has 0 spiro atoms. The van der Waals surface area contributed by atoms with Gasteiger partial charge in [0.1, 0.15) is 5.75 Å². The molecule has 0 radical (unpaired) electrons. The molecule has 0 bridgehead atoms. The van der Waals surface area contributed by atoms with Gasteiger partial charge in [-0.15, -0.1) is 12.4 Å². The number of aromatic hydroxyl groups is 1. The summed E-state index contributed by atoms with van der Waals surface area (Å²) in [7, 11) is 0. The number of anilines is 1. The number of halogens is 1. The molecule has 1 aromatic rings. The van der Waals surface area contributed by atoms with E-state index in [9.17, 15) is 5.11 Å². The largest absolute Gasteiger partial charge is 0.508 e. The molecule has 3 N–H and O–H groups in total. The smallest absolute Gasteiger partial charge is 0.122 e. The van der Waals surface area contributed by atoms with E-state index in [4.69, 9.17) is 5.73 Å². The standard InChI is InChI=1S/C15H24N2O.ClH/c1-3-17(4-2)12-7-8-13(15(18)10-12)14(16)9-11-5-6-11;/h7-8,10-11,14,18H,3-6,9,16H2,1-2H3;1H/t14-;/m1./s1. The zero-order valence-electron chi connectivity index (χ0n) is 11.8. The Kier molecular flexibility index (Phi) is 5.95. The average Bonchev–Trinajstić information content (AvgIpc) is 3.14. The first-order valence-electron chi connectivity index (χ1n) is 6.99. The molecule has 0 aliphatic heterocycles. The zero-order chi connectivity index (χ0) is 13.1. The van der Waals surface area contributed by atoms with E-state index in [1.807, 2.05) is 12.1 Å². The lowest BCUT2D eigenvalue weighted by Gasteiger charge is -2.22. The molecule has 1 atom stereocenters. The first kappa shape index (κ1) is 16.1. The fourth-order valence-electron chi connectivity index (χ4n) is 2.47. The van der Waals surface area contributed by atoms with Gasteiger partial charge in [-0.25, -0.2) is 0 Å². The summed E-state index contributed by atoms with van der Waals surface area (Å²) in [6.07, 6.45) is 3.59. The summed E-state index contributed by atoms with van der Waals surface area (Å²) in [6, 6.07) is 5.86. The molecule has 0 aromatic heterocycles. The number of phenols is 1. The molecule has 1 aliphatic carbocycles. The fraction of sp³-hybridized carbons (Fsp3) is 0.600. The molecule has 1 aromatic carbocycles. The van der Waals surface area contributed by atoms with Gasteiger partial charge in [0.05, 0.1) is 0 Å². The molecule has 0 unspecified atom stereocenters. The highest BCUT2D eigenvalue weighted by atomic mass is 35.5. The molecule has 0 saturated heterocycles. The summed E-state index contributed by atoms with van der Waals surface area (Å²) in [5.41, 5.74) is 8.11. The van der Waals surface area contributed by atoms with Crippen LogP contribution in [-0.2, 0) is 0 Å². The van der Waals surface area contributed by atoms with Gasteiger partial charge in [-0.3, -0.25) is 0 Å². The molecule has 19 heavy (non-hydrogen) atoms. The van der Waals surface area contributed by atoms with Crippen LogP contribution in [-0.4, -0.2) is 18.2 Å². The van der Waals surface area contributed by atoms with Gasteiger partial charge in [-0.1, -0.05) is 18.9 Å². The van der Waals surface area contributed by atoms with Crippen molar-refractivity contribution >= 4 is 18.1 Å². The lowest BCUT2D eigenvalue weighted by Crippen LogP contribution is -2.21. The van der Waals surface area contributed by atoms with Gasteiger partial charge in [0.25, 0.3) is 0 Å². The summed E-state index contributed by atoms with van der Waals surface area (Å²) >= 11 is 0. The van der Waals surface area contributed by atoms with Crippen molar-refractivity contribution in [2.45, 2.75) is 39.2 Å². The van der Waals surface area contributed by atoms with Crippen LogP contribution in [0.25, 0.3) is 0 Å². The van der Waals surface area contributed by atoms with Gasteiger partial charge in [-0.05, 0) is 32.3 Å². The fourth-order valence-corrected chi connectivity index (χ4v) is 2.47. The van der Waals surface area contributed by atoms with Crippen LogP contribution in [0.5, 0.6) is 5.75 Å². The summed E-state index contributed by atoms with van der Waals surface area (Å²) in [4.78, 5) is 2.22. The summed E-state index contributed by atoms with van der Waals surface area (Å²) in [5, 5.41) is 10.1. The average molecular weight is 285 g/mol. The van der Waals surface area contributed by atoms with Crippen LogP contribution in [0.4, 0.5) is 5.69 Å². The highest BCUT2D eigenvalue weighted by Gasteiger charge is 2.25. The molecule has 0 heterocycles. The topological polar surface area (TPSA) is 49.5 Å². The summed E-state index contributed by atoms with van der Waals surface area (Å²) < 4.78 is 0. The van der Waals surface area contributed by atoms with Crippen molar-refractivity contribution in [2.75, 3.05) is 18.0 Å². The van der Waals surface area contributed by atoms with E-state index in [0.29, 0.717) is 5.75 Å². The molecule has 0 amide bonds. The molecule has 108 valence electrons. The highest BCUT2D eigenvalue weighted by Crippen LogP contribution is 2.39. The van der Waals surface area contributed by atoms with Crippen LogP contribution in [0.3, 0.4) is 0 Å². The third-order valence-corrected chi connectivity index (χ3v) is 3.83. The third-order valence-electron chi connectivity index (χ3n) is 3.83. The van der Waals surface area contributed by atoms with Gasteiger partial charge >= 0.3 is 0 Å². The number of nitrogens with zero attached hydrogens (tertiary/aromatic N) is 1. The monoisotopic (exact) mass is 284 g/mol. The Balaban J connectivity index is 0.00000180. The van der Waals surface area contributed by atoms with Crippen LogP contribution in [0.2, 0.25) is 0 Å². The lowest BCUT2D eigenvalue weighted by atomic mass is 10.0. The molecular formula is C15H25ClN2O. The summed E-state index contributed by atoms with van der Waals surface area (Å²) in [5.74, 6) is 1.12. The normalized spacial score (nSPS) is 15.7. The van der Waals surface area contributed by atoms with E-state index in [2.05, 4.69) is 24.8 Å². The van der Waals surface area contributed by atoms with Gasteiger partial charge in [0.15, 0.2) is 0 Å². The third kappa shape index (κ3) is 4.02. The van der Waals surface area contributed by atoms with Crippen molar-refractivity contribution in [1.29, 1.82) is 0 Å². The van der Waals surface area contributed by atoms with Gasteiger partial charge in [0, 0.05) is 36.4 Å². The van der Waals surface area contributed by atoms with Crippen molar-refractivity contribution in [1.82, 2.24) is 0 Å². The molecule has 2 rings (SSSR count). The van der Waals surface area contributed by atoms with Crippen LogP contribution in [0.1, 0.15) is 44.7 Å². The number of rotatable bonds is 6. The van der Waals surface area contributed by atoms with Crippen LogP contribution < -0.4 is 10.6 Å². The predicted molar refractivity (Wildman–Crippen MR) is 83.2 cm³/mol. The van der Waals surface area contributed by atoms with Crippen molar-refractivity contribution < 1.29 is 5.11 Å². The number of phenolic OH excluding ortho intramolecular Hbond substituents is 1. The highest BCUT2D eigenvalue weighted by molar-refractivity contribution is 5.85. The minimum atomic E-state index is -0.0248. The maximum Gasteiger partial charge on any atom is 0.122 e. The molecule has 1 saturated carbocycles. The Hall–Kier alpha value is -0.930. The van der Waals surface area contributed by atoms with E-state index < -0.39 is 0 Å². The second-order valence-corrected chi connectivity index (χ2v) is 5.20. The SMILES string of the molecule is CCN(CC)c1ccc([C@H](N)CC2CC2)c(O)c1.Cl. The van der Waals surface area contributed by atoms with E-state index in [-0.39, 0.29) is 18.4 Å². The number of benzene rings is 1. The van der Waals surface area contributed by atoms with Gasteiger partial charge in [0.2, 0.25) is 0 Å². The molecule has 1 aliphatic rings. The van der Waals surface area contributed by atoms with Gasteiger partial charge < -0.3 is 15.7 Å². The quantitative estimate of drug-likeness (QED) is 0.841. The Labute approximate surface area is 122 Å². The Bertz CT molecular complexity index is 403. The number of nitrogens with two attached hydrogens (primary N) is 1. The number of hydrogen-bond acceptors (Lipinski definition) is 3. The molecule has 1 fully saturated rings. The number of hydrogen-bond donors (Lipinski definition) is 2. The second kappa shape index (κ2) is 7.01. The Morgan fingerprint density at radius 3 is 2.42 bits per heavy atom. The van der Waals surface area contributed by atoms with Crippen molar-refractivity contribution in [2.24, 2.45) is 11.7 Å². The second-order valence-electron chi connectivity index (χ2n) is 5.20. The van der Waals surface area contributed by atoms with E-state index >= 15 is 0 Å². The predicted octanol–water partition coefficient (Wildman–Crippen LogP) is 3.46. The molecule has 3 nitrogen and oxygen atoms in total. The van der Waals surface area contributed by atoms with Crippen LogP contribution >= 0.6 is 12.4 Å². The van der Waals surface area contributed by atoms with Crippen molar-refractivity contribution in [3.63, 3.8) is 0 Å². The summed E-state index contributed by atoms with van der Waals surface area (Å²) in [6.45, 7) is 6.13. The molecule has 4 heteroatoms. The minimum absolute atomic E-state index is 0. The first-order chi connectivity index (χ1) is 8.65. The van der Waals surface area contributed by atoms with E-state index in [1.54, 1.807) is 0 Å². The zero-order valence-corrected chi connectivity index (χ0v) is 12.6. The van der Waals surface area contributed by atoms with Gasteiger partial charge in [-0.2, -0.15) is 0 Å². The Morgan fingerprint density at radius 1 is 1.32 bits per heavy atom. The lowest BCUT2D eigenvalue weighted by molar-refractivity contribution is 0.455. The Morgan fingerprint density at radius 2 is 1.95 bits per heavy atom. The van der Waals surface area contributed by atoms with Crippen LogP contribution in [0, 0.1) is 5.92 Å². The van der Waals surface area contributed by atoms with Crippen LogP contribution in [0.15, 0.2) is 18.2 Å². The van der Waals surface area contributed by atoms with E-state index in [1.165, 1.54) is 12.8 Å². The van der Waals surface area contributed by atoms with Crippen molar-refractivity contribution in [3.8, 4) is 5.75 Å². The minimum Gasteiger partial charge on any atom is -0.508 e. The maximum absolute atomic E-state index is 10.1. The first-order valence-corrected chi connectivity index (χ1v) is 6.99. The van der Waals surface area contributed by atoms with E-state index in [0.717, 1.165) is 36.7 Å². The molecular weight excluding hydrogens is 260 g/mol. The maximum atomic E-state index is 10.1. The van der Waals surface area contributed by atoms with Crippen molar-refractivity contribution in [3.05, 3.63) is 23.8 Å².